The SMILES string of the molecule is C=NCCC(O)CCNC(=O)OC(C)(C)C. The van der Waals surface area contributed by atoms with Gasteiger partial charge in [-0.2, -0.15) is 0 Å². The number of hydrogen-bond donors (Lipinski definition) is 2. The Labute approximate surface area is 96.9 Å². The summed E-state index contributed by atoms with van der Waals surface area (Å²) in [6, 6.07) is 0. The van der Waals surface area contributed by atoms with Gasteiger partial charge in [-0.25, -0.2) is 4.79 Å². The molecule has 0 fully saturated rings. The van der Waals surface area contributed by atoms with Crippen molar-refractivity contribution in [2.24, 2.45) is 4.99 Å². The number of nitrogens with one attached hydrogen (secondary N) is 1. The van der Waals surface area contributed by atoms with Crippen molar-refractivity contribution in [1.82, 2.24) is 5.32 Å². The van der Waals surface area contributed by atoms with Crippen LogP contribution >= 0.6 is 0 Å². The van der Waals surface area contributed by atoms with Crippen LogP contribution in [0.4, 0.5) is 4.79 Å². The molecule has 0 radical (unpaired) electrons. The van der Waals surface area contributed by atoms with Crippen LogP contribution in [-0.4, -0.2) is 42.7 Å². The summed E-state index contributed by atoms with van der Waals surface area (Å²) in [4.78, 5) is 14.9. The highest BCUT2D eigenvalue weighted by molar-refractivity contribution is 5.67. The molecule has 0 aromatic heterocycles. The lowest BCUT2D eigenvalue weighted by atomic mass is 10.2. The predicted molar refractivity (Wildman–Crippen MR) is 63.9 cm³/mol. The van der Waals surface area contributed by atoms with Crippen LogP contribution in [0.3, 0.4) is 0 Å². The van der Waals surface area contributed by atoms with Gasteiger partial charge in [-0.3, -0.25) is 0 Å². The van der Waals surface area contributed by atoms with E-state index in [0.717, 1.165) is 0 Å². The Bertz CT molecular complexity index is 224. The van der Waals surface area contributed by atoms with E-state index >= 15 is 0 Å². The maximum absolute atomic E-state index is 11.2. The molecule has 94 valence electrons. The molecule has 16 heavy (non-hydrogen) atoms. The fourth-order valence-corrected chi connectivity index (χ4v) is 1.04. The number of amides is 1. The Balaban J connectivity index is 3.58. The monoisotopic (exact) mass is 230 g/mol. The number of nitrogens with zero attached hydrogens (tertiary/aromatic N) is 1. The molecule has 0 bridgehead atoms. The van der Waals surface area contributed by atoms with Crippen LogP contribution < -0.4 is 5.32 Å². The molecule has 0 aliphatic heterocycles. The van der Waals surface area contributed by atoms with E-state index in [9.17, 15) is 9.90 Å². The predicted octanol–water partition coefficient (Wildman–Crippen LogP) is 1.35. The normalized spacial score (nSPS) is 13.0. The van der Waals surface area contributed by atoms with Crippen LogP contribution in [0.25, 0.3) is 0 Å². The first-order valence-corrected chi connectivity index (χ1v) is 5.42. The van der Waals surface area contributed by atoms with Gasteiger partial charge in [0.2, 0.25) is 0 Å². The second-order valence-corrected chi connectivity index (χ2v) is 4.61. The van der Waals surface area contributed by atoms with E-state index in [4.69, 9.17) is 4.74 Å². The van der Waals surface area contributed by atoms with Crippen molar-refractivity contribution in [2.45, 2.75) is 45.3 Å². The van der Waals surface area contributed by atoms with Crippen LogP contribution in [0.2, 0.25) is 0 Å². The van der Waals surface area contributed by atoms with Crippen LogP contribution in [0, 0.1) is 0 Å². The highest BCUT2D eigenvalue weighted by atomic mass is 16.6. The molecule has 5 heteroatoms. The molecule has 0 aliphatic rings. The fraction of sp³-hybridized carbons (Fsp3) is 0.818. The van der Waals surface area contributed by atoms with Gasteiger partial charge in [-0.15, -0.1) is 0 Å². The van der Waals surface area contributed by atoms with E-state index in [2.05, 4.69) is 17.0 Å². The van der Waals surface area contributed by atoms with Crippen molar-refractivity contribution in [2.75, 3.05) is 13.1 Å². The Morgan fingerprint density at radius 3 is 2.62 bits per heavy atom. The summed E-state index contributed by atoms with van der Waals surface area (Å²) < 4.78 is 5.04. The summed E-state index contributed by atoms with van der Waals surface area (Å²) in [7, 11) is 0. The smallest absolute Gasteiger partial charge is 0.407 e. The number of rotatable bonds is 6. The van der Waals surface area contributed by atoms with Gasteiger partial charge in [0, 0.05) is 13.1 Å². The maximum atomic E-state index is 11.2. The standard InChI is InChI=1S/C11H22N2O3/c1-11(2,3)16-10(15)13-8-6-9(14)5-7-12-4/h9,14H,4-8H2,1-3H3,(H,13,15). The summed E-state index contributed by atoms with van der Waals surface area (Å²) in [5, 5.41) is 12.0. The zero-order valence-electron chi connectivity index (χ0n) is 10.3. The first-order chi connectivity index (χ1) is 7.35. The maximum Gasteiger partial charge on any atom is 0.407 e. The number of carbonyl (C=O) groups is 1. The van der Waals surface area contributed by atoms with Gasteiger partial charge in [-0.05, 0) is 40.3 Å². The van der Waals surface area contributed by atoms with Crippen molar-refractivity contribution in [3.8, 4) is 0 Å². The van der Waals surface area contributed by atoms with Crippen LogP contribution in [0.1, 0.15) is 33.6 Å². The largest absolute Gasteiger partial charge is 0.444 e. The summed E-state index contributed by atoms with van der Waals surface area (Å²) in [6.07, 6.45) is 0.149. The fourth-order valence-electron chi connectivity index (χ4n) is 1.04. The minimum atomic E-state index is -0.491. The summed E-state index contributed by atoms with van der Waals surface area (Å²) in [5.74, 6) is 0. The number of carbonyl (C=O) groups excluding carboxylic acids is 1. The molecule has 0 aromatic carbocycles. The number of aliphatic hydroxyl groups excluding tert-OH is 1. The van der Waals surface area contributed by atoms with E-state index < -0.39 is 17.8 Å². The summed E-state index contributed by atoms with van der Waals surface area (Å²) in [5.41, 5.74) is -0.491. The summed E-state index contributed by atoms with van der Waals surface area (Å²) in [6.45, 7) is 9.67. The highest BCUT2D eigenvalue weighted by Crippen LogP contribution is 2.06. The summed E-state index contributed by atoms with van der Waals surface area (Å²) >= 11 is 0. The van der Waals surface area contributed by atoms with Gasteiger partial charge in [0.05, 0.1) is 6.10 Å². The van der Waals surface area contributed by atoms with Gasteiger partial charge >= 0.3 is 6.09 Å². The van der Waals surface area contributed by atoms with Crippen LogP contribution in [0.5, 0.6) is 0 Å². The third kappa shape index (κ3) is 9.45. The third-order valence-corrected chi connectivity index (χ3v) is 1.77. The number of ether oxygens (including phenoxy) is 1. The quantitative estimate of drug-likeness (QED) is 0.677. The van der Waals surface area contributed by atoms with Gasteiger partial charge in [0.1, 0.15) is 5.60 Å². The molecule has 1 atom stereocenters. The van der Waals surface area contributed by atoms with E-state index in [1.807, 2.05) is 0 Å². The molecule has 1 amide bonds. The van der Waals surface area contributed by atoms with Crippen molar-refractivity contribution in [3.05, 3.63) is 0 Å². The lowest BCUT2D eigenvalue weighted by Gasteiger charge is -2.20. The molecular formula is C11H22N2O3. The van der Waals surface area contributed by atoms with Crippen molar-refractivity contribution < 1.29 is 14.6 Å². The minimum Gasteiger partial charge on any atom is -0.444 e. The van der Waals surface area contributed by atoms with Gasteiger partial charge < -0.3 is 20.2 Å². The topological polar surface area (TPSA) is 70.9 Å². The number of alkyl carbamates (subject to hydrolysis) is 1. The molecule has 1 unspecified atom stereocenters. The first-order valence-electron chi connectivity index (χ1n) is 5.42. The lowest BCUT2D eigenvalue weighted by Crippen LogP contribution is -2.34. The van der Waals surface area contributed by atoms with E-state index in [1.54, 1.807) is 20.8 Å². The van der Waals surface area contributed by atoms with Crippen molar-refractivity contribution in [1.29, 1.82) is 0 Å². The van der Waals surface area contributed by atoms with Crippen molar-refractivity contribution >= 4 is 12.8 Å². The average molecular weight is 230 g/mol. The molecule has 0 saturated carbocycles. The minimum absolute atomic E-state index is 0.396. The zero-order chi connectivity index (χ0) is 12.6. The number of aliphatic imine (C=N–C) groups is 1. The van der Waals surface area contributed by atoms with E-state index in [1.165, 1.54) is 0 Å². The van der Waals surface area contributed by atoms with Gasteiger partial charge in [0.25, 0.3) is 0 Å². The Morgan fingerprint density at radius 2 is 2.12 bits per heavy atom. The second kappa shape index (κ2) is 7.22. The average Bonchev–Trinajstić information content (AvgIpc) is 2.11. The van der Waals surface area contributed by atoms with Gasteiger partial charge in [-0.1, -0.05) is 0 Å². The van der Waals surface area contributed by atoms with Gasteiger partial charge in [0.15, 0.2) is 0 Å². The highest BCUT2D eigenvalue weighted by Gasteiger charge is 2.15. The van der Waals surface area contributed by atoms with E-state index in [0.29, 0.717) is 25.9 Å². The Kier molecular flexibility index (Phi) is 6.72. The Hall–Kier alpha value is -1.10. The second-order valence-electron chi connectivity index (χ2n) is 4.61. The third-order valence-electron chi connectivity index (χ3n) is 1.77. The molecule has 0 aliphatic carbocycles. The molecule has 0 aromatic rings. The number of hydrogen-bond acceptors (Lipinski definition) is 4. The lowest BCUT2D eigenvalue weighted by molar-refractivity contribution is 0.0518. The van der Waals surface area contributed by atoms with E-state index in [-0.39, 0.29) is 0 Å². The van der Waals surface area contributed by atoms with Crippen molar-refractivity contribution in [3.63, 3.8) is 0 Å². The zero-order valence-corrected chi connectivity index (χ0v) is 10.3. The van der Waals surface area contributed by atoms with Crippen LogP contribution in [-0.2, 0) is 4.74 Å². The molecular weight excluding hydrogens is 208 g/mol. The molecule has 0 spiro atoms. The molecule has 0 rings (SSSR count). The molecule has 5 nitrogen and oxygen atoms in total. The first kappa shape index (κ1) is 14.9. The molecule has 0 saturated heterocycles. The Morgan fingerprint density at radius 1 is 1.50 bits per heavy atom. The molecule has 2 N–H and O–H groups in total. The number of aliphatic hydroxyl groups is 1. The molecule has 0 heterocycles. The van der Waals surface area contributed by atoms with Crippen LogP contribution in [0.15, 0.2) is 4.99 Å².